The van der Waals surface area contributed by atoms with E-state index in [0.717, 1.165) is 0 Å². The molecule has 0 aliphatic rings. The minimum absolute atomic E-state index is 0.0131. The molecule has 0 saturated carbocycles. The number of halogens is 5. The summed E-state index contributed by atoms with van der Waals surface area (Å²) in [4.78, 5) is 30.1. The molecule has 0 bridgehead atoms. The minimum Gasteiger partial charge on any atom is -0.437 e. The second-order valence-corrected chi connectivity index (χ2v) is 9.46. The van der Waals surface area contributed by atoms with Gasteiger partial charge in [-0.15, -0.1) is 0 Å². The van der Waals surface area contributed by atoms with Crippen molar-refractivity contribution >= 4 is 22.9 Å². The van der Waals surface area contributed by atoms with Gasteiger partial charge in [0.2, 0.25) is 5.71 Å². The fourth-order valence-corrected chi connectivity index (χ4v) is 4.16. The number of rotatable bonds is 8. The highest BCUT2D eigenvalue weighted by Crippen LogP contribution is 2.37. The molecule has 212 valence electrons. The number of nitrogens with zero attached hydrogens (tertiary/aromatic N) is 2. The number of amides is 2. The van der Waals surface area contributed by atoms with Gasteiger partial charge in [0.1, 0.15) is 18.3 Å². The van der Waals surface area contributed by atoms with Crippen molar-refractivity contribution < 1.29 is 36.0 Å². The molecule has 0 saturated heterocycles. The molecule has 2 aromatic heterocycles. The topological polar surface area (TPSA) is 108 Å². The van der Waals surface area contributed by atoms with Gasteiger partial charge in [0.25, 0.3) is 11.8 Å². The number of carbonyl (C=O) groups excluding carboxylic acids is 2. The van der Waals surface area contributed by atoms with Crippen LogP contribution in [0.25, 0.3) is 33.6 Å². The quantitative estimate of drug-likeness (QED) is 0.248. The van der Waals surface area contributed by atoms with Crippen LogP contribution in [0.15, 0.2) is 59.0 Å². The van der Waals surface area contributed by atoms with E-state index in [9.17, 15) is 36.8 Å². The van der Waals surface area contributed by atoms with Crippen LogP contribution in [0.4, 0.5) is 22.0 Å². The average molecular weight is 571 g/mol. The van der Waals surface area contributed by atoms with Crippen LogP contribution in [0, 0.1) is 17.1 Å². The molecule has 7 nitrogen and oxygen atoms in total. The van der Waals surface area contributed by atoms with E-state index in [-0.39, 0.29) is 44.8 Å². The van der Waals surface area contributed by atoms with Crippen molar-refractivity contribution in [2.45, 2.75) is 31.5 Å². The molecule has 1 atom stereocenters. The van der Waals surface area contributed by atoms with Gasteiger partial charge in [0.05, 0.1) is 22.7 Å². The third-order valence-electron chi connectivity index (χ3n) is 6.31. The molecule has 2 heterocycles. The van der Waals surface area contributed by atoms with Gasteiger partial charge < -0.3 is 15.1 Å². The fourth-order valence-electron chi connectivity index (χ4n) is 4.16. The van der Waals surface area contributed by atoms with Crippen molar-refractivity contribution in [3.63, 3.8) is 0 Å². The van der Waals surface area contributed by atoms with Gasteiger partial charge in [0.15, 0.2) is 5.54 Å². The summed E-state index contributed by atoms with van der Waals surface area (Å²) in [5, 5.41) is 14.2. The number of benzene rings is 2. The monoisotopic (exact) mass is 570 g/mol. The van der Waals surface area contributed by atoms with Crippen LogP contribution in [0.1, 0.15) is 39.8 Å². The van der Waals surface area contributed by atoms with Crippen LogP contribution >= 0.6 is 0 Å². The summed E-state index contributed by atoms with van der Waals surface area (Å²) in [6.07, 6.45) is -6.25. The van der Waals surface area contributed by atoms with E-state index in [0.29, 0.717) is 5.56 Å². The summed E-state index contributed by atoms with van der Waals surface area (Å²) in [6, 6.07) is 14.0. The first-order valence-corrected chi connectivity index (χ1v) is 12.3. The Labute approximate surface area is 231 Å². The van der Waals surface area contributed by atoms with E-state index >= 15 is 0 Å². The molecular formula is C29H23F5N4O3. The third kappa shape index (κ3) is 6.35. The Hall–Kier alpha value is -4.79. The number of nitriles is 1. The van der Waals surface area contributed by atoms with Gasteiger partial charge in [-0.3, -0.25) is 9.59 Å². The summed E-state index contributed by atoms with van der Waals surface area (Å²) >= 11 is 0. The number of carbonyl (C=O) groups is 2. The molecule has 0 spiro atoms. The van der Waals surface area contributed by atoms with E-state index in [2.05, 4.69) is 15.6 Å². The predicted molar refractivity (Wildman–Crippen MR) is 140 cm³/mol. The molecule has 2 aromatic carbocycles. The lowest BCUT2D eigenvalue weighted by atomic mass is 9.96. The molecular weight excluding hydrogens is 547 g/mol. The molecule has 2 amide bonds. The summed E-state index contributed by atoms with van der Waals surface area (Å²) in [7, 11) is 1.39. The van der Waals surface area contributed by atoms with Crippen LogP contribution in [-0.4, -0.2) is 42.2 Å². The van der Waals surface area contributed by atoms with Crippen LogP contribution < -0.4 is 10.6 Å². The normalized spacial score (nSPS) is 12.9. The predicted octanol–water partition coefficient (Wildman–Crippen LogP) is 6.14. The molecule has 0 aliphatic carbocycles. The van der Waals surface area contributed by atoms with Gasteiger partial charge in [-0.25, -0.2) is 13.8 Å². The van der Waals surface area contributed by atoms with E-state index in [1.54, 1.807) is 6.07 Å². The largest absolute Gasteiger partial charge is 0.437 e. The standard InChI is InChI=1S/C29H23F5N4O3/c1-28(14-30,15-35)38-25(39)18-5-3-4-17(12-18)20-13-21-23(26(40)36-2)24(16-6-8-19(31)9-7-16)41-27(21)37-22(20)10-11-29(32,33)34/h3-9,12-13H,10-11,14H2,1-2H3,(H,36,40)(H,38,39). The van der Waals surface area contributed by atoms with Crippen LogP contribution in [-0.2, 0) is 6.42 Å². The highest BCUT2D eigenvalue weighted by molar-refractivity contribution is 6.11. The van der Waals surface area contributed by atoms with Crippen molar-refractivity contribution in [2.75, 3.05) is 13.7 Å². The molecule has 0 fully saturated rings. The Kier molecular flexibility index (Phi) is 8.10. The highest BCUT2D eigenvalue weighted by Gasteiger charge is 2.30. The first kappa shape index (κ1) is 29.2. The van der Waals surface area contributed by atoms with Gasteiger partial charge in [-0.1, -0.05) is 12.1 Å². The first-order chi connectivity index (χ1) is 19.4. The smallest absolute Gasteiger partial charge is 0.389 e. The molecule has 4 rings (SSSR count). The van der Waals surface area contributed by atoms with E-state index in [4.69, 9.17) is 4.42 Å². The van der Waals surface area contributed by atoms with Crippen molar-refractivity contribution in [3.8, 4) is 28.5 Å². The maximum Gasteiger partial charge on any atom is 0.389 e. The van der Waals surface area contributed by atoms with E-state index < -0.39 is 48.9 Å². The Morgan fingerprint density at radius 2 is 1.76 bits per heavy atom. The summed E-state index contributed by atoms with van der Waals surface area (Å²) in [5.41, 5.74) is -1.02. The van der Waals surface area contributed by atoms with Gasteiger partial charge in [-0.2, -0.15) is 18.4 Å². The number of hydrogen-bond acceptors (Lipinski definition) is 5. The van der Waals surface area contributed by atoms with Gasteiger partial charge >= 0.3 is 6.18 Å². The second-order valence-electron chi connectivity index (χ2n) is 9.46. The average Bonchev–Trinajstić information content (AvgIpc) is 3.33. The summed E-state index contributed by atoms with van der Waals surface area (Å²) in [6.45, 7) is 0.0655. The van der Waals surface area contributed by atoms with Gasteiger partial charge in [0, 0.05) is 30.2 Å². The van der Waals surface area contributed by atoms with Crippen molar-refractivity contribution in [2.24, 2.45) is 0 Å². The Bertz CT molecular complexity index is 1660. The maximum atomic E-state index is 13.6. The third-order valence-corrected chi connectivity index (χ3v) is 6.31. The van der Waals surface area contributed by atoms with Crippen LogP contribution in [0.2, 0.25) is 0 Å². The minimum atomic E-state index is -4.50. The van der Waals surface area contributed by atoms with E-state index in [1.165, 1.54) is 68.6 Å². The number of alkyl halides is 4. The molecule has 1 unspecified atom stereocenters. The molecule has 41 heavy (non-hydrogen) atoms. The second kappa shape index (κ2) is 11.4. The molecule has 2 N–H and O–H groups in total. The van der Waals surface area contributed by atoms with Crippen LogP contribution in [0.3, 0.4) is 0 Å². The lowest BCUT2D eigenvalue weighted by Gasteiger charge is -2.19. The number of furan rings is 1. The molecule has 4 aromatic rings. The summed E-state index contributed by atoms with van der Waals surface area (Å²) in [5.74, 6) is -1.82. The fraction of sp³-hybridized carbons (Fsp3) is 0.241. The zero-order valence-corrected chi connectivity index (χ0v) is 21.8. The lowest BCUT2D eigenvalue weighted by molar-refractivity contribution is -0.134. The van der Waals surface area contributed by atoms with Crippen molar-refractivity contribution in [3.05, 3.63) is 77.2 Å². The lowest BCUT2D eigenvalue weighted by Crippen LogP contribution is -2.46. The maximum absolute atomic E-state index is 13.6. The molecule has 0 aliphatic heterocycles. The number of aromatic nitrogens is 1. The number of aryl methyl sites for hydroxylation is 1. The number of hydrogen-bond donors (Lipinski definition) is 2. The number of fused-ring (bicyclic) bond motifs is 1. The Morgan fingerprint density at radius 3 is 2.37 bits per heavy atom. The molecule has 12 heteroatoms. The van der Waals surface area contributed by atoms with Crippen LogP contribution in [0.5, 0.6) is 0 Å². The summed E-state index contributed by atoms with van der Waals surface area (Å²) < 4.78 is 72.4. The Morgan fingerprint density at radius 1 is 1.05 bits per heavy atom. The zero-order chi connectivity index (χ0) is 29.9. The molecule has 0 radical (unpaired) electrons. The van der Waals surface area contributed by atoms with Gasteiger partial charge in [-0.05, 0) is 61.4 Å². The van der Waals surface area contributed by atoms with Crippen molar-refractivity contribution in [1.29, 1.82) is 5.26 Å². The van der Waals surface area contributed by atoms with E-state index in [1.807, 2.05) is 0 Å². The van der Waals surface area contributed by atoms with Crippen molar-refractivity contribution in [1.82, 2.24) is 15.6 Å². The Balaban J connectivity index is 1.91. The zero-order valence-electron chi connectivity index (χ0n) is 21.8. The number of pyridine rings is 1. The number of nitrogens with one attached hydrogen (secondary N) is 2. The first-order valence-electron chi connectivity index (χ1n) is 12.3. The SMILES string of the molecule is CNC(=O)c1c(-c2ccc(F)cc2)oc2nc(CCC(F)(F)F)c(-c3cccc(C(=O)NC(C)(C#N)CF)c3)cc12. The highest BCUT2D eigenvalue weighted by atomic mass is 19.4.